The molecule has 0 saturated carbocycles. The molecule has 1 aromatic carbocycles. The van der Waals surface area contributed by atoms with E-state index >= 15 is 0 Å². The van der Waals surface area contributed by atoms with Crippen LogP contribution in [0.25, 0.3) is 0 Å². The third-order valence-electron chi connectivity index (χ3n) is 1.51. The van der Waals surface area contributed by atoms with Gasteiger partial charge in [-0.25, -0.2) is 5.06 Å². The smallest absolute Gasteiger partial charge is 0.142 e. The van der Waals surface area contributed by atoms with Crippen LogP contribution in [-0.2, 0) is 0 Å². The highest BCUT2D eigenvalue weighted by Gasteiger charge is 2.16. The van der Waals surface area contributed by atoms with Gasteiger partial charge in [-0.2, -0.15) is 4.40 Å². The third-order valence-corrected chi connectivity index (χ3v) is 2.24. The fourth-order valence-electron chi connectivity index (χ4n) is 0.997. The molecule has 2 N–H and O–H groups in total. The first-order valence-electron chi connectivity index (χ1n) is 3.29. The lowest BCUT2D eigenvalue weighted by atomic mass is 10.3. The highest BCUT2D eigenvalue weighted by atomic mass is 32.2. The quantitative estimate of drug-likeness (QED) is 0.599. The molecule has 1 aliphatic heterocycles. The molecule has 0 bridgehead atoms. The lowest BCUT2D eigenvalue weighted by Crippen LogP contribution is -2.17. The summed E-state index contributed by atoms with van der Waals surface area (Å²) in [6, 6.07) is 5.00. The van der Waals surface area contributed by atoms with Gasteiger partial charge in [0.2, 0.25) is 0 Å². The second kappa shape index (κ2) is 2.69. The topological polar surface area (TPSA) is 56.1 Å². The Bertz CT molecular complexity index is 340. The molecule has 2 rings (SSSR count). The normalized spacial score (nSPS) is 14.6. The summed E-state index contributed by atoms with van der Waals surface area (Å²) >= 11 is 1.21. The average molecular weight is 182 g/mol. The summed E-state index contributed by atoms with van der Waals surface area (Å²) in [6.45, 7) is 0. The van der Waals surface area contributed by atoms with Gasteiger partial charge in [-0.3, -0.25) is 5.21 Å². The van der Waals surface area contributed by atoms with Crippen molar-refractivity contribution in [2.24, 2.45) is 4.40 Å². The monoisotopic (exact) mass is 182 g/mol. The van der Waals surface area contributed by atoms with E-state index < -0.39 is 0 Å². The van der Waals surface area contributed by atoms with Crippen molar-refractivity contribution in [3.05, 3.63) is 18.2 Å². The molecule has 0 radical (unpaired) electrons. The van der Waals surface area contributed by atoms with E-state index in [4.69, 9.17) is 0 Å². The molecule has 0 unspecified atom stereocenters. The first-order valence-corrected chi connectivity index (χ1v) is 4.07. The van der Waals surface area contributed by atoms with Crippen LogP contribution in [0.15, 0.2) is 27.5 Å². The zero-order chi connectivity index (χ0) is 8.55. The highest BCUT2D eigenvalue weighted by molar-refractivity contribution is 7.98. The van der Waals surface area contributed by atoms with Crippen LogP contribution >= 0.6 is 11.9 Å². The SMILES string of the molecule is Oc1cccc2c1N(O)C=NS2. The van der Waals surface area contributed by atoms with Crippen molar-refractivity contribution in [1.82, 2.24) is 0 Å². The van der Waals surface area contributed by atoms with Crippen LogP contribution in [0.4, 0.5) is 5.69 Å². The molecular weight excluding hydrogens is 176 g/mol. The molecule has 0 atom stereocenters. The first kappa shape index (κ1) is 7.45. The maximum Gasteiger partial charge on any atom is 0.142 e. The molecule has 1 aliphatic rings. The standard InChI is InChI=1S/C7H6N2O2S/c10-5-2-1-3-6-7(5)9(11)4-8-12-6/h1-4,10-11H. The number of benzene rings is 1. The number of hydrogen-bond acceptors (Lipinski definition) is 5. The number of nitrogens with zero attached hydrogens (tertiary/aromatic N) is 2. The van der Waals surface area contributed by atoms with Gasteiger partial charge in [0, 0.05) is 11.9 Å². The van der Waals surface area contributed by atoms with Gasteiger partial charge in [0.1, 0.15) is 17.8 Å². The molecule has 1 heterocycles. The molecule has 0 aromatic heterocycles. The van der Waals surface area contributed by atoms with E-state index in [9.17, 15) is 10.3 Å². The summed E-state index contributed by atoms with van der Waals surface area (Å²) in [6.07, 6.45) is 1.24. The average Bonchev–Trinajstić information content (AvgIpc) is 2.04. The van der Waals surface area contributed by atoms with Crippen LogP contribution in [0.5, 0.6) is 5.75 Å². The van der Waals surface area contributed by atoms with Gasteiger partial charge in [-0.1, -0.05) is 6.07 Å². The minimum Gasteiger partial charge on any atom is -0.506 e. The Morgan fingerprint density at radius 2 is 2.25 bits per heavy atom. The maximum absolute atomic E-state index is 9.35. The Labute approximate surface area is 73.2 Å². The van der Waals surface area contributed by atoms with E-state index in [1.54, 1.807) is 12.1 Å². The van der Waals surface area contributed by atoms with Crippen LogP contribution in [0.1, 0.15) is 0 Å². The minimum absolute atomic E-state index is 0.0497. The van der Waals surface area contributed by atoms with Crippen molar-refractivity contribution in [1.29, 1.82) is 0 Å². The first-order chi connectivity index (χ1) is 5.79. The zero-order valence-corrected chi connectivity index (χ0v) is 6.82. The van der Waals surface area contributed by atoms with Crippen molar-refractivity contribution in [2.45, 2.75) is 4.90 Å². The van der Waals surface area contributed by atoms with Crippen molar-refractivity contribution in [3.8, 4) is 5.75 Å². The predicted molar refractivity (Wildman–Crippen MR) is 46.7 cm³/mol. The van der Waals surface area contributed by atoms with Crippen LogP contribution < -0.4 is 5.06 Å². The van der Waals surface area contributed by atoms with E-state index in [-0.39, 0.29) is 5.75 Å². The Kier molecular flexibility index (Phi) is 1.67. The summed E-state index contributed by atoms with van der Waals surface area (Å²) in [7, 11) is 0. The summed E-state index contributed by atoms with van der Waals surface area (Å²) < 4.78 is 3.80. The molecule has 0 aliphatic carbocycles. The van der Waals surface area contributed by atoms with Crippen molar-refractivity contribution in [3.63, 3.8) is 0 Å². The van der Waals surface area contributed by atoms with E-state index in [0.29, 0.717) is 5.69 Å². The van der Waals surface area contributed by atoms with Gasteiger partial charge in [0.15, 0.2) is 0 Å². The van der Waals surface area contributed by atoms with Crippen molar-refractivity contribution in [2.75, 3.05) is 5.06 Å². The van der Waals surface area contributed by atoms with Gasteiger partial charge in [-0.15, -0.1) is 0 Å². The molecule has 1 aromatic rings. The second-order valence-electron chi connectivity index (χ2n) is 2.28. The fourth-order valence-corrected chi connectivity index (χ4v) is 1.67. The fraction of sp³-hybridized carbons (Fsp3) is 0. The van der Waals surface area contributed by atoms with Gasteiger partial charge in [-0.05, 0) is 12.1 Å². The molecule has 12 heavy (non-hydrogen) atoms. The molecule has 0 amide bonds. The maximum atomic E-state index is 9.35. The van der Waals surface area contributed by atoms with E-state index in [2.05, 4.69) is 4.40 Å². The van der Waals surface area contributed by atoms with Gasteiger partial charge in [0.25, 0.3) is 0 Å². The van der Waals surface area contributed by atoms with Gasteiger partial charge < -0.3 is 5.11 Å². The number of anilines is 1. The molecule has 4 nitrogen and oxygen atoms in total. The number of phenolic OH excluding ortho intramolecular Hbond substituents is 1. The van der Waals surface area contributed by atoms with Crippen LogP contribution in [-0.4, -0.2) is 16.7 Å². The molecule has 0 spiro atoms. The molecular formula is C7H6N2O2S. The number of hydroxylamine groups is 1. The number of para-hydroxylation sites is 1. The Morgan fingerprint density at radius 1 is 1.42 bits per heavy atom. The van der Waals surface area contributed by atoms with Gasteiger partial charge in [0.05, 0.1) is 4.90 Å². The Morgan fingerprint density at radius 3 is 3.00 bits per heavy atom. The molecule has 0 fully saturated rings. The Hall–Kier alpha value is -1.20. The molecule has 62 valence electrons. The largest absolute Gasteiger partial charge is 0.506 e. The second-order valence-corrected chi connectivity index (χ2v) is 3.11. The predicted octanol–water partition coefficient (Wildman–Crippen LogP) is 1.64. The van der Waals surface area contributed by atoms with E-state index in [0.717, 1.165) is 9.96 Å². The number of phenols is 1. The van der Waals surface area contributed by atoms with Crippen molar-refractivity contribution >= 4 is 24.0 Å². The summed E-state index contributed by atoms with van der Waals surface area (Å²) in [5.74, 6) is 0.0497. The van der Waals surface area contributed by atoms with Crippen LogP contribution in [0, 0.1) is 0 Å². The number of rotatable bonds is 0. The van der Waals surface area contributed by atoms with Crippen LogP contribution in [0.3, 0.4) is 0 Å². The summed E-state index contributed by atoms with van der Waals surface area (Å²) in [4.78, 5) is 0.736. The van der Waals surface area contributed by atoms with Crippen LogP contribution in [0.2, 0.25) is 0 Å². The number of hydrogen-bond donors (Lipinski definition) is 2. The van der Waals surface area contributed by atoms with E-state index in [1.165, 1.54) is 24.4 Å². The number of fused-ring (bicyclic) bond motifs is 1. The molecule has 0 saturated heterocycles. The Balaban J connectivity index is 2.58. The summed E-state index contributed by atoms with van der Waals surface area (Å²) in [5.41, 5.74) is 0.387. The highest BCUT2D eigenvalue weighted by Crippen LogP contribution is 2.39. The summed E-state index contributed by atoms with van der Waals surface area (Å²) in [5, 5.41) is 19.4. The van der Waals surface area contributed by atoms with Gasteiger partial charge >= 0.3 is 0 Å². The lowest BCUT2D eigenvalue weighted by molar-refractivity contribution is 0.309. The lowest BCUT2D eigenvalue weighted by Gasteiger charge is -2.18. The van der Waals surface area contributed by atoms with E-state index in [1.807, 2.05) is 0 Å². The molecule has 5 heteroatoms. The van der Waals surface area contributed by atoms with Crippen molar-refractivity contribution < 1.29 is 10.3 Å². The third kappa shape index (κ3) is 1.03. The minimum atomic E-state index is 0.0497. The zero-order valence-electron chi connectivity index (χ0n) is 6.01. The number of aromatic hydroxyl groups is 1.